The third-order valence-corrected chi connectivity index (χ3v) is 3.43. The van der Waals surface area contributed by atoms with E-state index in [1.807, 2.05) is 19.1 Å². The molecule has 0 saturated carbocycles. The predicted octanol–water partition coefficient (Wildman–Crippen LogP) is 1.28. The lowest BCUT2D eigenvalue weighted by Gasteiger charge is -2.09. The van der Waals surface area contributed by atoms with Crippen LogP contribution in [0.5, 0.6) is 0 Å². The maximum absolute atomic E-state index is 11.0. The Bertz CT molecular complexity index is 627. The second-order valence-electron chi connectivity index (χ2n) is 4.39. The van der Waals surface area contributed by atoms with E-state index < -0.39 is 5.76 Å². The monoisotopic (exact) mass is 231 g/mol. The molecule has 0 bridgehead atoms. The van der Waals surface area contributed by atoms with E-state index in [-0.39, 0.29) is 6.04 Å². The van der Waals surface area contributed by atoms with Crippen LogP contribution >= 0.6 is 0 Å². The fourth-order valence-electron chi connectivity index (χ4n) is 2.51. The van der Waals surface area contributed by atoms with Gasteiger partial charge >= 0.3 is 5.76 Å². The van der Waals surface area contributed by atoms with E-state index in [4.69, 9.17) is 5.73 Å². The highest BCUT2D eigenvalue weighted by Gasteiger charge is 2.22. The van der Waals surface area contributed by atoms with Crippen LogP contribution in [0.15, 0.2) is 21.5 Å². The smallest absolute Gasteiger partial charge is 0.324 e. The van der Waals surface area contributed by atoms with Crippen molar-refractivity contribution in [3.05, 3.63) is 39.4 Å². The maximum atomic E-state index is 11.0. The minimum absolute atomic E-state index is 0.133. The molecule has 1 aliphatic carbocycles. The van der Waals surface area contributed by atoms with Gasteiger partial charge in [0.15, 0.2) is 5.82 Å². The Kier molecular flexibility index (Phi) is 2.16. The summed E-state index contributed by atoms with van der Waals surface area (Å²) in [7, 11) is 0. The Hall–Kier alpha value is -1.88. The zero-order valence-corrected chi connectivity index (χ0v) is 9.49. The summed E-state index contributed by atoms with van der Waals surface area (Å²) in [6.07, 6.45) is 1.97. The molecule has 1 aromatic heterocycles. The van der Waals surface area contributed by atoms with Crippen molar-refractivity contribution >= 4 is 0 Å². The number of fused-ring (bicyclic) bond motifs is 1. The number of nitrogens with zero attached hydrogens (tertiary/aromatic N) is 1. The van der Waals surface area contributed by atoms with E-state index in [9.17, 15) is 4.79 Å². The Morgan fingerprint density at radius 2 is 2.35 bits per heavy atom. The molecule has 17 heavy (non-hydrogen) atoms. The van der Waals surface area contributed by atoms with Crippen molar-refractivity contribution in [1.82, 2.24) is 10.1 Å². The quantitative estimate of drug-likeness (QED) is 0.774. The zero-order chi connectivity index (χ0) is 12.0. The van der Waals surface area contributed by atoms with Crippen molar-refractivity contribution < 1.29 is 4.52 Å². The second-order valence-corrected chi connectivity index (χ2v) is 4.39. The number of aromatic nitrogens is 2. The standard InChI is InChI=1S/C12H13N3O2/c1-6-7-4-5-10(13)9(7)3-2-8(6)11-14-12(16)17-15-11/h2-3,10H,4-5,13H2,1H3,(H,14,15,16)/t10-/m0/s1. The lowest BCUT2D eigenvalue weighted by atomic mass is 9.98. The average Bonchev–Trinajstić information content (AvgIpc) is 2.87. The molecule has 5 nitrogen and oxygen atoms in total. The Labute approximate surface area is 97.6 Å². The molecule has 0 fully saturated rings. The van der Waals surface area contributed by atoms with Gasteiger partial charge in [0.25, 0.3) is 0 Å². The number of rotatable bonds is 1. The molecule has 1 heterocycles. The first-order valence-electron chi connectivity index (χ1n) is 5.61. The molecule has 3 N–H and O–H groups in total. The lowest BCUT2D eigenvalue weighted by molar-refractivity contribution is 0.388. The fraction of sp³-hybridized carbons (Fsp3) is 0.333. The number of H-pyrrole nitrogens is 1. The van der Waals surface area contributed by atoms with Crippen LogP contribution in [0.25, 0.3) is 11.4 Å². The van der Waals surface area contributed by atoms with E-state index in [0.29, 0.717) is 5.82 Å². The summed E-state index contributed by atoms with van der Waals surface area (Å²) in [5.74, 6) is -0.0487. The van der Waals surface area contributed by atoms with Gasteiger partial charge in [0.05, 0.1) is 0 Å². The summed E-state index contributed by atoms with van der Waals surface area (Å²) in [5, 5.41) is 3.72. The molecule has 0 spiro atoms. The first-order chi connectivity index (χ1) is 8.16. The van der Waals surface area contributed by atoms with Gasteiger partial charge in [-0.2, -0.15) is 0 Å². The molecule has 1 aliphatic rings. The van der Waals surface area contributed by atoms with Crippen LogP contribution in [0.2, 0.25) is 0 Å². The molecular weight excluding hydrogens is 218 g/mol. The van der Waals surface area contributed by atoms with Gasteiger partial charge in [-0.15, -0.1) is 0 Å². The Morgan fingerprint density at radius 3 is 3.06 bits per heavy atom. The van der Waals surface area contributed by atoms with Crippen molar-refractivity contribution in [3.63, 3.8) is 0 Å². The fourth-order valence-corrected chi connectivity index (χ4v) is 2.51. The minimum atomic E-state index is -0.531. The molecule has 0 unspecified atom stereocenters. The molecule has 1 atom stereocenters. The van der Waals surface area contributed by atoms with Gasteiger partial charge in [-0.25, -0.2) is 4.79 Å². The van der Waals surface area contributed by atoms with Crippen LogP contribution in [0.1, 0.15) is 29.2 Å². The summed E-state index contributed by atoms with van der Waals surface area (Å²) in [5.41, 5.74) is 10.5. The van der Waals surface area contributed by atoms with E-state index in [1.54, 1.807) is 0 Å². The second kappa shape index (κ2) is 3.56. The number of nitrogens with two attached hydrogens (primary N) is 1. The van der Waals surface area contributed by atoms with Crippen LogP contribution in [0.3, 0.4) is 0 Å². The van der Waals surface area contributed by atoms with Crippen molar-refractivity contribution in [2.45, 2.75) is 25.8 Å². The minimum Gasteiger partial charge on any atom is -0.324 e. The largest absolute Gasteiger partial charge is 0.439 e. The van der Waals surface area contributed by atoms with Crippen LogP contribution < -0.4 is 11.5 Å². The van der Waals surface area contributed by atoms with Crippen LogP contribution in [0.4, 0.5) is 0 Å². The van der Waals surface area contributed by atoms with Crippen molar-refractivity contribution in [2.24, 2.45) is 5.73 Å². The summed E-state index contributed by atoms with van der Waals surface area (Å²) in [6.45, 7) is 2.03. The third-order valence-electron chi connectivity index (χ3n) is 3.43. The van der Waals surface area contributed by atoms with E-state index >= 15 is 0 Å². The third kappa shape index (κ3) is 1.51. The van der Waals surface area contributed by atoms with E-state index in [2.05, 4.69) is 14.7 Å². The first-order valence-corrected chi connectivity index (χ1v) is 5.61. The number of nitrogens with one attached hydrogen (secondary N) is 1. The molecule has 88 valence electrons. The summed E-state index contributed by atoms with van der Waals surface area (Å²) in [4.78, 5) is 13.5. The van der Waals surface area contributed by atoms with Crippen LogP contribution in [-0.4, -0.2) is 10.1 Å². The molecule has 3 rings (SSSR count). The highest BCUT2D eigenvalue weighted by atomic mass is 16.5. The lowest BCUT2D eigenvalue weighted by Crippen LogP contribution is -2.05. The molecule has 2 aromatic rings. The van der Waals surface area contributed by atoms with Crippen LogP contribution in [0, 0.1) is 6.92 Å². The Balaban J connectivity index is 2.18. The van der Waals surface area contributed by atoms with Gasteiger partial charge < -0.3 is 5.73 Å². The molecule has 0 saturated heterocycles. The van der Waals surface area contributed by atoms with Gasteiger partial charge in [-0.05, 0) is 36.5 Å². The van der Waals surface area contributed by atoms with E-state index in [1.165, 1.54) is 11.1 Å². The predicted molar refractivity (Wildman–Crippen MR) is 62.5 cm³/mol. The van der Waals surface area contributed by atoms with Gasteiger partial charge in [-0.1, -0.05) is 17.3 Å². The van der Waals surface area contributed by atoms with Crippen molar-refractivity contribution in [1.29, 1.82) is 0 Å². The van der Waals surface area contributed by atoms with Crippen LogP contribution in [-0.2, 0) is 6.42 Å². The summed E-state index contributed by atoms with van der Waals surface area (Å²) < 4.78 is 4.53. The zero-order valence-electron chi connectivity index (χ0n) is 9.49. The normalized spacial score (nSPS) is 18.4. The molecular formula is C12H13N3O2. The molecule has 1 aromatic carbocycles. The van der Waals surface area contributed by atoms with Gasteiger partial charge in [0.2, 0.25) is 0 Å². The van der Waals surface area contributed by atoms with Gasteiger partial charge in [-0.3, -0.25) is 9.51 Å². The first kappa shape index (κ1) is 10.3. The molecule has 0 aliphatic heterocycles. The highest BCUT2D eigenvalue weighted by molar-refractivity contribution is 5.63. The number of benzene rings is 1. The Morgan fingerprint density at radius 1 is 1.53 bits per heavy atom. The number of aromatic amines is 1. The SMILES string of the molecule is Cc1c(-c2noc(=O)[nH]2)ccc2c1CC[C@@H]2N. The maximum Gasteiger partial charge on any atom is 0.439 e. The van der Waals surface area contributed by atoms with Gasteiger partial charge in [0.1, 0.15) is 0 Å². The summed E-state index contributed by atoms with van der Waals surface area (Å²) in [6, 6.07) is 4.09. The van der Waals surface area contributed by atoms with Gasteiger partial charge in [0, 0.05) is 11.6 Å². The van der Waals surface area contributed by atoms with Crippen molar-refractivity contribution in [2.75, 3.05) is 0 Å². The number of hydrogen-bond acceptors (Lipinski definition) is 4. The summed E-state index contributed by atoms with van der Waals surface area (Å²) >= 11 is 0. The van der Waals surface area contributed by atoms with Crippen molar-refractivity contribution in [3.8, 4) is 11.4 Å². The molecule has 0 amide bonds. The topological polar surface area (TPSA) is 84.9 Å². The molecule has 5 heteroatoms. The molecule has 0 radical (unpaired) electrons. The van der Waals surface area contributed by atoms with E-state index in [0.717, 1.165) is 24.0 Å². The number of hydrogen-bond donors (Lipinski definition) is 2. The average molecular weight is 231 g/mol. The highest BCUT2D eigenvalue weighted by Crippen LogP contribution is 2.35.